The predicted molar refractivity (Wildman–Crippen MR) is 76.5 cm³/mol. The lowest BCUT2D eigenvalue weighted by Crippen LogP contribution is -2.43. The molecule has 116 valence electrons. The van der Waals surface area contributed by atoms with Crippen molar-refractivity contribution in [2.75, 3.05) is 27.2 Å². The van der Waals surface area contributed by atoms with Crippen LogP contribution in [0.2, 0.25) is 0 Å². The lowest BCUT2D eigenvalue weighted by molar-refractivity contribution is -0.146. The molecule has 0 spiro atoms. The highest BCUT2D eigenvalue weighted by Gasteiger charge is 2.33. The van der Waals surface area contributed by atoms with E-state index in [0.717, 1.165) is 30.9 Å². The number of aryl methyl sites for hydroxylation is 1. The molecular formula is C15H22N2O4. The molecule has 0 aliphatic carbocycles. The van der Waals surface area contributed by atoms with Gasteiger partial charge in [-0.25, -0.2) is 0 Å². The zero-order valence-electron chi connectivity index (χ0n) is 12.8. The van der Waals surface area contributed by atoms with Crippen molar-refractivity contribution in [2.45, 2.75) is 32.4 Å². The summed E-state index contributed by atoms with van der Waals surface area (Å²) in [6, 6.07) is 3.45. The average molecular weight is 294 g/mol. The van der Waals surface area contributed by atoms with Gasteiger partial charge >= 0.3 is 5.97 Å². The van der Waals surface area contributed by atoms with Crippen LogP contribution in [0.3, 0.4) is 0 Å². The number of nitrogens with zero attached hydrogens (tertiary/aromatic N) is 2. The van der Waals surface area contributed by atoms with Crippen molar-refractivity contribution in [1.29, 1.82) is 0 Å². The molecular weight excluding hydrogens is 272 g/mol. The standard InChI is InChI=1S/C15H22N2O4/c1-11-6-7-12(21-11)9-16(2)14(18)10-17-8-4-5-13(17)15(19)20-3/h6-7,13H,4-5,8-10H2,1-3H3. The number of carbonyl (C=O) groups excluding carboxylic acids is 2. The minimum atomic E-state index is -0.293. The van der Waals surface area contributed by atoms with Gasteiger partial charge < -0.3 is 14.1 Å². The molecule has 1 aromatic heterocycles. The Kier molecular flexibility index (Phi) is 5.01. The van der Waals surface area contributed by atoms with E-state index in [0.29, 0.717) is 6.54 Å². The SMILES string of the molecule is COC(=O)C1CCCN1CC(=O)N(C)Cc1ccc(C)o1. The lowest BCUT2D eigenvalue weighted by atomic mass is 10.2. The van der Waals surface area contributed by atoms with Crippen molar-refractivity contribution < 1.29 is 18.7 Å². The first-order chi connectivity index (χ1) is 10.0. The predicted octanol–water partition coefficient (Wildman–Crippen LogP) is 1.18. The molecule has 0 saturated carbocycles. The first-order valence-corrected chi connectivity index (χ1v) is 7.12. The Morgan fingerprint density at radius 3 is 2.86 bits per heavy atom. The third-order valence-electron chi connectivity index (χ3n) is 3.79. The van der Waals surface area contributed by atoms with Crippen LogP contribution in [-0.2, 0) is 20.9 Å². The number of amides is 1. The molecule has 1 amide bonds. The van der Waals surface area contributed by atoms with Gasteiger partial charge in [0.2, 0.25) is 5.91 Å². The third-order valence-corrected chi connectivity index (χ3v) is 3.79. The number of ether oxygens (including phenoxy) is 1. The molecule has 0 N–H and O–H groups in total. The van der Waals surface area contributed by atoms with E-state index < -0.39 is 0 Å². The van der Waals surface area contributed by atoms with Gasteiger partial charge in [-0.3, -0.25) is 14.5 Å². The van der Waals surface area contributed by atoms with Gasteiger partial charge in [-0.05, 0) is 38.4 Å². The van der Waals surface area contributed by atoms with Crippen LogP contribution in [0, 0.1) is 6.92 Å². The molecule has 1 atom stereocenters. The summed E-state index contributed by atoms with van der Waals surface area (Å²) in [6.07, 6.45) is 1.66. The maximum absolute atomic E-state index is 12.3. The summed E-state index contributed by atoms with van der Waals surface area (Å²) in [7, 11) is 3.12. The molecule has 21 heavy (non-hydrogen) atoms. The monoisotopic (exact) mass is 294 g/mol. The molecule has 0 aromatic carbocycles. The summed E-state index contributed by atoms with van der Waals surface area (Å²) in [6.45, 7) is 3.29. The third kappa shape index (κ3) is 3.85. The van der Waals surface area contributed by atoms with E-state index in [1.165, 1.54) is 7.11 Å². The second-order valence-electron chi connectivity index (χ2n) is 5.41. The van der Waals surface area contributed by atoms with Gasteiger partial charge in [0.25, 0.3) is 0 Å². The van der Waals surface area contributed by atoms with Crippen LogP contribution in [-0.4, -0.2) is 55.0 Å². The molecule has 0 bridgehead atoms. The number of likely N-dealkylation sites (N-methyl/N-ethyl adjacent to an activating group) is 1. The fraction of sp³-hybridized carbons (Fsp3) is 0.600. The van der Waals surface area contributed by atoms with Crippen LogP contribution in [0.25, 0.3) is 0 Å². The van der Waals surface area contributed by atoms with Crippen molar-refractivity contribution in [1.82, 2.24) is 9.80 Å². The van der Waals surface area contributed by atoms with E-state index >= 15 is 0 Å². The van der Waals surface area contributed by atoms with E-state index in [9.17, 15) is 9.59 Å². The van der Waals surface area contributed by atoms with Crippen molar-refractivity contribution in [2.24, 2.45) is 0 Å². The summed E-state index contributed by atoms with van der Waals surface area (Å²) in [5.74, 6) is 1.30. The van der Waals surface area contributed by atoms with Crippen LogP contribution in [0.5, 0.6) is 0 Å². The number of hydrogen-bond donors (Lipinski definition) is 0. The van der Waals surface area contributed by atoms with E-state index in [1.807, 2.05) is 24.0 Å². The Bertz CT molecular complexity index is 512. The summed E-state index contributed by atoms with van der Waals surface area (Å²) in [5.41, 5.74) is 0. The summed E-state index contributed by atoms with van der Waals surface area (Å²) in [5, 5.41) is 0. The Labute approximate surface area is 124 Å². The average Bonchev–Trinajstić information content (AvgIpc) is 3.07. The summed E-state index contributed by atoms with van der Waals surface area (Å²) < 4.78 is 10.3. The van der Waals surface area contributed by atoms with Crippen molar-refractivity contribution in [3.8, 4) is 0 Å². The molecule has 0 radical (unpaired) electrons. The van der Waals surface area contributed by atoms with E-state index in [-0.39, 0.29) is 24.5 Å². The van der Waals surface area contributed by atoms with Crippen molar-refractivity contribution >= 4 is 11.9 Å². The first-order valence-electron chi connectivity index (χ1n) is 7.12. The number of esters is 1. The van der Waals surface area contributed by atoms with Crippen LogP contribution < -0.4 is 0 Å². The van der Waals surface area contributed by atoms with Gasteiger partial charge in [0, 0.05) is 7.05 Å². The minimum Gasteiger partial charge on any atom is -0.468 e. The smallest absolute Gasteiger partial charge is 0.323 e. The van der Waals surface area contributed by atoms with Gasteiger partial charge in [-0.2, -0.15) is 0 Å². The lowest BCUT2D eigenvalue weighted by Gasteiger charge is -2.24. The molecule has 1 fully saturated rings. The quantitative estimate of drug-likeness (QED) is 0.763. The fourth-order valence-corrected chi connectivity index (χ4v) is 2.60. The normalized spacial score (nSPS) is 18.7. The Hall–Kier alpha value is -1.82. The summed E-state index contributed by atoms with van der Waals surface area (Å²) in [4.78, 5) is 27.4. The maximum atomic E-state index is 12.3. The van der Waals surface area contributed by atoms with Crippen LogP contribution >= 0.6 is 0 Å². The first kappa shape index (κ1) is 15.6. The zero-order chi connectivity index (χ0) is 15.4. The Morgan fingerprint density at radius 1 is 1.48 bits per heavy atom. The molecule has 1 saturated heterocycles. The number of rotatable bonds is 5. The highest BCUT2D eigenvalue weighted by molar-refractivity contribution is 5.80. The Balaban J connectivity index is 1.89. The van der Waals surface area contributed by atoms with E-state index in [2.05, 4.69) is 0 Å². The fourth-order valence-electron chi connectivity index (χ4n) is 2.60. The zero-order valence-corrected chi connectivity index (χ0v) is 12.8. The number of carbonyl (C=O) groups is 2. The number of methoxy groups -OCH3 is 1. The number of likely N-dealkylation sites (tertiary alicyclic amines) is 1. The molecule has 1 unspecified atom stereocenters. The molecule has 2 rings (SSSR count). The van der Waals surface area contributed by atoms with Gasteiger partial charge in [-0.15, -0.1) is 0 Å². The van der Waals surface area contributed by atoms with Crippen LogP contribution in [0.15, 0.2) is 16.5 Å². The van der Waals surface area contributed by atoms with Crippen LogP contribution in [0.1, 0.15) is 24.4 Å². The topological polar surface area (TPSA) is 63.0 Å². The molecule has 1 aliphatic heterocycles. The highest BCUT2D eigenvalue weighted by Crippen LogP contribution is 2.18. The molecule has 1 aromatic rings. The Morgan fingerprint density at radius 2 is 2.24 bits per heavy atom. The highest BCUT2D eigenvalue weighted by atomic mass is 16.5. The van der Waals surface area contributed by atoms with Crippen molar-refractivity contribution in [3.05, 3.63) is 23.7 Å². The molecule has 2 heterocycles. The molecule has 6 nitrogen and oxygen atoms in total. The second kappa shape index (κ2) is 6.76. The largest absolute Gasteiger partial charge is 0.468 e. The number of furan rings is 1. The number of hydrogen-bond acceptors (Lipinski definition) is 5. The van der Waals surface area contributed by atoms with Gasteiger partial charge in [0.05, 0.1) is 20.2 Å². The van der Waals surface area contributed by atoms with Crippen LogP contribution in [0.4, 0.5) is 0 Å². The molecule has 6 heteroatoms. The van der Waals surface area contributed by atoms with Gasteiger partial charge in [0.15, 0.2) is 0 Å². The van der Waals surface area contributed by atoms with Gasteiger partial charge in [-0.1, -0.05) is 0 Å². The minimum absolute atomic E-state index is 0.0279. The van der Waals surface area contributed by atoms with E-state index in [1.54, 1.807) is 11.9 Å². The summed E-state index contributed by atoms with van der Waals surface area (Å²) >= 11 is 0. The maximum Gasteiger partial charge on any atom is 0.323 e. The second-order valence-corrected chi connectivity index (χ2v) is 5.41. The molecule has 1 aliphatic rings. The van der Waals surface area contributed by atoms with Gasteiger partial charge in [0.1, 0.15) is 17.6 Å². The van der Waals surface area contributed by atoms with Crippen molar-refractivity contribution in [3.63, 3.8) is 0 Å². The van der Waals surface area contributed by atoms with E-state index in [4.69, 9.17) is 9.15 Å².